The van der Waals surface area contributed by atoms with Crippen LogP contribution >= 0.6 is 27.3 Å². The number of halogens is 1. The molecule has 1 atom stereocenters. The van der Waals surface area contributed by atoms with Crippen LogP contribution in [0, 0.1) is 0 Å². The molecule has 66 valence electrons. The topological polar surface area (TPSA) is 24.1 Å². The summed E-state index contributed by atoms with van der Waals surface area (Å²) >= 11 is 5.27. The average Bonchev–Trinajstić information content (AvgIpc) is 2.54. The van der Waals surface area contributed by atoms with Gasteiger partial charge in [-0.2, -0.15) is 0 Å². The van der Waals surface area contributed by atoms with Gasteiger partial charge in [0.15, 0.2) is 0 Å². The van der Waals surface area contributed by atoms with Gasteiger partial charge < -0.3 is 10.6 Å². The van der Waals surface area contributed by atoms with E-state index >= 15 is 0 Å². The van der Waals surface area contributed by atoms with Gasteiger partial charge in [-0.1, -0.05) is 0 Å². The van der Waals surface area contributed by atoms with Crippen LogP contribution in [0.5, 0.6) is 0 Å². The van der Waals surface area contributed by atoms with Gasteiger partial charge >= 0.3 is 0 Å². The lowest BCUT2D eigenvalue weighted by atomic mass is 10.2. The second-order valence-electron chi connectivity index (χ2n) is 2.88. The zero-order chi connectivity index (χ0) is 8.39. The maximum atomic E-state index is 3.48. The van der Waals surface area contributed by atoms with Crippen molar-refractivity contribution in [3.05, 3.63) is 20.8 Å². The first-order valence-corrected chi connectivity index (χ1v) is 5.71. The molecule has 1 saturated heterocycles. The van der Waals surface area contributed by atoms with Crippen molar-refractivity contribution in [1.82, 2.24) is 10.6 Å². The quantitative estimate of drug-likeness (QED) is 0.790. The molecule has 1 aliphatic rings. The maximum absolute atomic E-state index is 3.48. The Morgan fingerprint density at radius 2 is 2.42 bits per heavy atom. The molecular weight excluding hydrogens is 236 g/mol. The SMILES string of the molecule is Brc1csc([C@H]2CNCCN2)c1. The van der Waals surface area contributed by atoms with E-state index in [0.29, 0.717) is 6.04 Å². The van der Waals surface area contributed by atoms with E-state index in [1.54, 1.807) is 11.3 Å². The maximum Gasteiger partial charge on any atom is 0.0542 e. The molecule has 0 saturated carbocycles. The molecule has 2 N–H and O–H groups in total. The second kappa shape index (κ2) is 3.87. The van der Waals surface area contributed by atoms with Crippen molar-refractivity contribution in [3.8, 4) is 0 Å². The van der Waals surface area contributed by atoms with Crippen molar-refractivity contribution in [1.29, 1.82) is 0 Å². The van der Waals surface area contributed by atoms with Crippen LogP contribution in [0.1, 0.15) is 10.9 Å². The third-order valence-corrected chi connectivity index (χ3v) is 3.78. The van der Waals surface area contributed by atoms with Crippen molar-refractivity contribution < 1.29 is 0 Å². The van der Waals surface area contributed by atoms with E-state index < -0.39 is 0 Å². The van der Waals surface area contributed by atoms with E-state index in [1.165, 1.54) is 9.35 Å². The van der Waals surface area contributed by atoms with Crippen molar-refractivity contribution in [2.75, 3.05) is 19.6 Å². The van der Waals surface area contributed by atoms with Crippen LogP contribution in [0.15, 0.2) is 15.9 Å². The van der Waals surface area contributed by atoms with Crippen LogP contribution in [0.25, 0.3) is 0 Å². The Labute approximate surface area is 84.5 Å². The fourth-order valence-electron chi connectivity index (χ4n) is 1.37. The summed E-state index contributed by atoms with van der Waals surface area (Å²) in [5, 5.41) is 8.98. The lowest BCUT2D eigenvalue weighted by Crippen LogP contribution is -2.42. The molecule has 12 heavy (non-hydrogen) atoms. The van der Waals surface area contributed by atoms with Gasteiger partial charge in [-0.15, -0.1) is 11.3 Å². The Morgan fingerprint density at radius 3 is 3.00 bits per heavy atom. The number of piperazine rings is 1. The Hall–Kier alpha value is 0.1000. The van der Waals surface area contributed by atoms with Crippen LogP contribution in [0.2, 0.25) is 0 Å². The zero-order valence-electron chi connectivity index (χ0n) is 6.64. The minimum Gasteiger partial charge on any atom is -0.314 e. The first kappa shape index (κ1) is 8.69. The van der Waals surface area contributed by atoms with Gasteiger partial charge in [0.1, 0.15) is 0 Å². The van der Waals surface area contributed by atoms with Crippen molar-refractivity contribution in [2.24, 2.45) is 0 Å². The highest BCUT2D eigenvalue weighted by atomic mass is 79.9. The molecule has 0 unspecified atom stereocenters. The van der Waals surface area contributed by atoms with Crippen LogP contribution < -0.4 is 10.6 Å². The third kappa shape index (κ3) is 1.88. The summed E-state index contributed by atoms with van der Waals surface area (Å²) < 4.78 is 1.19. The number of rotatable bonds is 1. The molecule has 2 nitrogen and oxygen atoms in total. The van der Waals surface area contributed by atoms with Gasteiger partial charge in [0.2, 0.25) is 0 Å². The lowest BCUT2D eigenvalue weighted by molar-refractivity contribution is 0.435. The monoisotopic (exact) mass is 246 g/mol. The molecule has 0 bridgehead atoms. The number of hydrogen-bond acceptors (Lipinski definition) is 3. The molecule has 0 aliphatic carbocycles. The molecule has 1 aromatic rings. The van der Waals surface area contributed by atoms with Crippen LogP contribution in [-0.2, 0) is 0 Å². The lowest BCUT2D eigenvalue weighted by Gasteiger charge is -2.23. The fraction of sp³-hybridized carbons (Fsp3) is 0.500. The van der Waals surface area contributed by atoms with Gasteiger partial charge in [-0.25, -0.2) is 0 Å². The summed E-state index contributed by atoms with van der Waals surface area (Å²) in [6.07, 6.45) is 0. The van der Waals surface area contributed by atoms with E-state index in [0.717, 1.165) is 19.6 Å². The van der Waals surface area contributed by atoms with E-state index in [9.17, 15) is 0 Å². The molecule has 0 spiro atoms. The Balaban J connectivity index is 2.08. The summed E-state index contributed by atoms with van der Waals surface area (Å²) in [6.45, 7) is 3.20. The van der Waals surface area contributed by atoms with E-state index in [4.69, 9.17) is 0 Å². The smallest absolute Gasteiger partial charge is 0.0542 e. The van der Waals surface area contributed by atoms with Gasteiger partial charge in [-0.3, -0.25) is 0 Å². The molecule has 1 fully saturated rings. The third-order valence-electron chi connectivity index (χ3n) is 1.97. The number of hydrogen-bond donors (Lipinski definition) is 2. The summed E-state index contributed by atoms with van der Waals surface area (Å²) in [6, 6.07) is 2.70. The van der Waals surface area contributed by atoms with Gasteiger partial charge in [0.05, 0.1) is 6.04 Å². The van der Waals surface area contributed by atoms with E-state index in [2.05, 4.69) is 38.0 Å². The molecule has 0 amide bonds. The molecule has 1 aromatic heterocycles. The van der Waals surface area contributed by atoms with Gasteiger partial charge in [0, 0.05) is 34.4 Å². The summed E-state index contributed by atoms with van der Waals surface area (Å²) in [5.74, 6) is 0. The summed E-state index contributed by atoms with van der Waals surface area (Å²) in [7, 11) is 0. The highest BCUT2D eigenvalue weighted by Gasteiger charge is 2.15. The fourth-order valence-corrected chi connectivity index (χ4v) is 2.89. The first-order valence-electron chi connectivity index (χ1n) is 4.04. The summed E-state index contributed by atoms with van der Waals surface area (Å²) in [5.41, 5.74) is 0. The van der Waals surface area contributed by atoms with Crippen LogP contribution in [0.3, 0.4) is 0 Å². The summed E-state index contributed by atoms with van der Waals surface area (Å²) in [4.78, 5) is 1.41. The number of thiophene rings is 1. The van der Waals surface area contributed by atoms with E-state index in [1.807, 2.05) is 0 Å². The van der Waals surface area contributed by atoms with Crippen LogP contribution in [-0.4, -0.2) is 19.6 Å². The molecule has 2 rings (SSSR count). The van der Waals surface area contributed by atoms with Crippen molar-refractivity contribution in [2.45, 2.75) is 6.04 Å². The second-order valence-corrected chi connectivity index (χ2v) is 4.74. The number of nitrogens with one attached hydrogen (secondary N) is 2. The first-order chi connectivity index (χ1) is 5.86. The molecular formula is C8H11BrN2S. The van der Waals surface area contributed by atoms with Gasteiger partial charge in [-0.05, 0) is 22.0 Å². The largest absolute Gasteiger partial charge is 0.314 e. The predicted octanol–water partition coefficient (Wildman–Crippen LogP) is 1.74. The molecule has 1 aliphatic heterocycles. The Bertz CT molecular complexity index is 255. The van der Waals surface area contributed by atoms with Crippen LogP contribution in [0.4, 0.5) is 0 Å². The highest BCUT2D eigenvalue weighted by molar-refractivity contribution is 9.10. The Morgan fingerprint density at radius 1 is 1.50 bits per heavy atom. The molecule has 0 aromatic carbocycles. The average molecular weight is 247 g/mol. The normalized spacial score (nSPS) is 24.2. The Kier molecular flexibility index (Phi) is 2.80. The predicted molar refractivity (Wildman–Crippen MR) is 55.6 cm³/mol. The zero-order valence-corrected chi connectivity index (χ0v) is 9.04. The molecule has 0 radical (unpaired) electrons. The van der Waals surface area contributed by atoms with Crippen molar-refractivity contribution in [3.63, 3.8) is 0 Å². The van der Waals surface area contributed by atoms with Gasteiger partial charge in [0.25, 0.3) is 0 Å². The minimum atomic E-state index is 0.509. The highest BCUT2D eigenvalue weighted by Crippen LogP contribution is 2.25. The van der Waals surface area contributed by atoms with Crippen molar-refractivity contribution >= 4 is 27.3 Å². The molecule has 2 heterocycles. The standard InChI is InChI=1S/C8H11BrN2S/c9-6-3-8(12-5-6)7-4-10-1-2-11-7/h3,5,7,10-11H,1-2,4H2/t7-/m1/s1. The molecule has 4 heteroatoms. The van der Waals surface area contributed by atoms with E-state index in [-0.39, 0.29) is 0 Å². The minimum absolute atomic E-state index is 0.509.